The highest BCUT2D eigenvalue weighted by molar-refractivity contribution is 7.17. The van der Waals surface area contributed by atoms with Crippen LogP contribution in [0.25, 0.3) is 0 Å². The number of anilines is 1. The maximum absolute atomic E-state index is 12.6. The molecule has 21 heavy (non-hydrogen) atoms. The fraction of sp³-hybridized carbons (Fsp3) is 0.250. The molecule has 1 amide bonds. The van der Waals surface area contributed by atoms with Crippen molar-refractivity contribution in [1.29, 1.82) is 0 Å². The van der Waals surface area contributed by atoms with Crippen LogP contribution in [-0.2, 0) is 6.18 Å². The molecule has 0 atom stereocenters. The molecule has 0 aliphatic carbocycles. The second kappa shape index (κ2) is 5.68. The third kappa shape index (κ3) is 3.48. The van der Waals surface area contributed by atoms with Crippen LogP contribution >= 0.6 is 11.3 Å². The van der Waals surface area contributed by atoms with Gasteiger partial charge in [0.1, 0.15) is 0 Å². The number of thiazole rings is 1. The van der Waals surface area contributed by atoms with Crippen molar-refractivity contribution in [1.82, 2.24) is 9.97 Å². The molecule has 0 aromatic carbocycles. The first-order valence-electron chi connectivity index (χ1n) is 5.66. The predicted octanol–water partition coefficient (Wildman–Crippen LogP) is 3.13. The lowest BCUT2D eigenvalue weighted by atomic mass is 10.1. The van der Waals surface area contributed by atoms with E-state index in [9.17, 15) is 18.0 Å². The van der Waals surface area contributed by atoms with E-state index in [1.54, 1.807) is 0 Å². The van der Waals surface area contributed by atoms with Crippen molar-refractivity contribution < 1.29 is 22.7 Å². The predicted molar refractivity (Wildman–Crippen MR) is 70.6 cm³/mol. The maximum Gasteiger partial charge on any atom is 0.417 e. The molecule has 1 N–H and O–H groups in total. The zero-order valence-electron chi connectivity index (χ0n) is 11.0. The highest BCUT2D eigenvalue weighted by Crippen LogP contribution is 2.30. The number of pyridine rings is 1. The molecule has 2 aromatic heterocycles. The average molecular weight is 317 g/mol. The number of nitrogens with one attached hydrogen (secondary N) is 1. The van der Waals surface area contributed by atoms with Crippen LogP contribution in [0.2, 0.25) is 0 Å². The summed E-state index contributed by atoms with van der Waals surface area (Å²) in [5, 5.41) is 3.12. The third-order valence-electron chi connectivity index (χ3n) is 2.56. The molecule has 0 saturated heterocycles. The second-order valence-corrected chi connectivity index (χ2v) is 4.99. The summed E-state index contributed by atoms with van der Waals surface area (Å²) in [6, 6.07) is 0.766. The number of methoxy groups -OCH3 is 1. The highest BCUT2D eigenvalue weighted by Gasteiger charge is 2.32. The first-order chi connectivity index (χ1) is 9.81. The van der Waals surface area contributed by atoms with Gasteiger partial charge in [-0.05, 0) is 13.0 Å². The molecule has 112 valence electrons. The molecule has 2 aromatic rings. The number of alkyl halides is 3. The molecule has 0 spiro atoms. The Morgan fingerprint density at radius 3 is 2.62 bits per heavy atom. The topological polar surface area (TPSA) is 64.1 Å². The second-order valence-electron chi connectivity index (χ2n) is 4.00. The van der Waals surface area contributed by atoms with Gasteiger partial charge in [-0.3, -0.25) is 15.1 Å². The molecule has 0 aliphatic rings. The zero-order valence-corrected chi connectivity index (χ0v) is 11.8. The summed E-state index contributed by atoms with van der Waals surface area (Å²) >= 11 is 1.06. The number of aromatic nitrogens is 2. The summed E-state index contributed by atoms with van der Waals surface area (Å²) in [5.41, 5.74) is -0.932. The van der Waals surface area contributed by atoms with Crippen LogP contribution in [-0.4, -0.2) is 23.0 Å². The van der Waals surface area contributed by atoms with Crippen LogP contribution in [0.3, 0.4) is 0 Å². The van der Waals surface area contributed by atoms with E-state index in [4.69, 9.17) is 4.74 Å². The SMILES string of the molecule is COc1cnc(NC(=O)c2cc(C(F)(F)F)cnc2C)s1. The quantitative estimate of drug-likeness (QED) is 0.944. The molecule has 0 saturated carbocycles. The Morgan fingerprint density at radius 1 is 1.33 bits per heavy atom. The Bertz CT molecular complexity index is 670. The summed E-state index contributed by atoms with van der Waals surface area (Å²) in [7, 11) is 1.44. The van der Waals surface area contributed by atoms with Gasteiger partial charge in [0.05, 0.1) is 30.1 Å². The van der Waals surface area contributed by atoms with Crippen LogP contribution in [0.5, 0.6) is 5.06 Å². The largest absolute Gasteiger partial charge is 0.486 e. The standard InChI is InChI=1S/C12H10F3N3O2S/c1-6-8(3-7(4-16-6)12(13,14)15)10(19)18-11-17-5-9(20-2)21-11/h3-5H,1-2H3,(H,17,18,19). The molecule has 0 unspecified atom stereocenters. The zero-order chi connectivity index (χ0) is 15.6. The van der Waals surface area contributed by atoms with Gasteiger partial charge in [-0.1, -0.05) is 11.3 Å². The molecule has 0 radical (unpaired) electrons. The number of halogens is 3. The number of nitrogens with zero attached hydrogens (tertiary/aromatic N) is 2. The summed E-state index contributed by atoms with van der Waals surface area (Å²) < 4.78 is 42.8. The van der Waals surface area contributed by atoms with E-state index >= 15 is 0 Å². The molecular weight excluding hydrogens is 307 g/mol. The maximum atomic E-state index is 12.6. The minimum absolute atomic E-state index is 0.154. The number of hydrogen-bond acceptors (Lipinski definition) is 5. The fourth-order valence-electron chi connectivity index (χ4n) is 1.49. The van der Waals surface area contributed by atoms with Crippen LogP contribution in [0.1, 0.15) is 21.6 Å². The molecule has 5 nitrogen and oxygen atoms in total. The van der Waals surface area contributed by atoms with Crippen molar-refractivity contribution in [3.8, 4) is 5.06 Å². The summed E-state index contributed by atoms with van der Waals surface area (Å²) in [5.74, 6) is -0.705. The van der Waals surface area contributed by atoms with Crippen molar-refractivity contribution in [3.05, 3.63) is 35.3 Å². The average Bonchev–Trinajstić information content (AvgIpc) is 2.85. The molecule has 0 fully saturated rings. The van der Waals surface area contributed by atoms with E-state index in [0.29, 0.717) is 11.3 Å². The number of ether oxygens (including phenoxy) is 1. The molecule has 0 aliphatic heterocycles. The van der Waals surface area contributed by atoms with Gasteiger partial charge < -0.3 is 4.74 Å². The van der Waals surface area contributed by atoms with Gasteiger partial charge in [-0.15, -0.1) is 0 Å². The highest BCUT2D eigenvalue weighted by atomic mass is 32.1. The lowest BCUT2D eigenvalue weighted by molar-refractivity contribution is -0.137. The van der Waals surface area contributed by atoms with Gasteiger partial charge in [0.15, 0.2) is 10.2 Å². The molecule has 9 heteroatoms. The van der Waals surface area contributed by atoms with Gasteiger partial charge >= 0.3 is 6.18 Å². The monoisotopic (exact) mass is 317 g/mol. The smallest absolute Gasteiger partial charge is 0.417 e. The summed E-state index contributed by atoms with van der Waals surface area (Å²) in [6.45, 7) is 1.46. The van der Waals surface area contributed by atoms with E-state index in [0.717, 1.165) is 17.4 Å². The molecule has 0 bridgehead atoms. The first kappa shape index (κ1) is 15.2. The van der Waals surface area contributed by atoms with Gasteiger partial charge in [-0.2, -0.15) is 13.2 Å². The Morgan fingerprint density at radius 2 is 2.05 bits per heavy atom. The van der Waals surface area contributed by atoms with Crippen molar-refractivity contribution >= 4 is 22.4 Å². The van der Waals surface area contributed by atoms with Crippen molar-refractivity contribution in [2.75, 3.05) is 12.4 Å². The van der Waals surface area contributed by atoms with Gasteiger partial charge in [-0.25, -0.2) is 4.98 Å². The van der Waals surface area contributed by atoms with Crippen molar-refractivity contribution in [2.45, 2.75) is 13.1 Å². The van der Waals surface area contributed by atoms with E-state index in [1.807, 2.05) is 0 Å². The van der Waals surface area contributed by atoms with Gasteiger partial charge in [0.2, 0.25) is 0 Å². The fourth-order valence-corrected chi connectivity index (χ4v) is 2.12. The van der Waals surface area contributed by atoms with Crippen LogP contribution in [0.15, 0.2) is 18.5 Å². The number of aryl methyl sites for hydroxylation is 1. The summed E-state index contributed by atoms with van der Waals surface area (Å²) in [4.78, 5) is 19.5. The number of amides is 1. The van der Waals surface area contributed by atoms with Gasteiger partial charge in [0, 0.05) is 6.20 Å². The van der Waals surface area contributed by atoms with E-state index < -0.39 is 17.6 Å². The van der Waals surface area contributed by atoms with Crippen molar-refractivity contribution in [3.63, 3.8) is 0 Å². The summed E-state index contributed by atoms with van der Waals surface area (Å²) in [6.07, 6.45) is -2.46. The Balaban J connectivity index is 2.26. The number of rotatable bonds is 3. The van der Waals surface area contributed by atoms with Gasteiger partial charge in [0.25, 0.3) is 5.91 Å². The minimum atomic E-state index is -4.56. The molecule has 2 heterocycles. The lowest BCUT2D eigenvalue weighted by Gasteiger charge is -2.10. The lowest BCUT2D eigenvalue weighted by Crippen LogP contribution is -2.16. The van der Waals surface area contributed by atoms with E-state index in [1.165, 1.54) is 20.2 Å². The van der Waals surface area contributed by atoms with Crippen LogP contribution in [0.4, 0.5) is 18.3 Å². The Hall–Kier alpha value is -2.16. The number of carbonyl (C=O) groups excluding carboxylic acids is 1. The van der Waals surface area contributed by atoms with Crippen LogP contribution in [0, 0.1) is 6.92 Å². The normalized spacial score (nSPS) is 11.3. The van der Waals surface area contributed by atoms with Crippen molar-refractivity contribution in [2.24, 2.45) is 0 Å². The molecular formula is C12H10F3N3O2S. The third-order valence-corrected chi connectivity index (χ3v) is 3.44. The first-order valence-corrected chi connectivity index (χ1v) is 6.48. The minimum Gasteiger partial charge on any atom is -0.486 e. The van der Waals surface area contributed by atoms with E-state index in [-0.39, 0.29) is 16.4 Å². The molecule has 2 rings (SSSR count). The number of hydrogen-bond donors (Lipinski definition) is 1. The number of carbonyl (C=O) groups is 1. The van der Waals surface area contributed by atoms with E-state index in [2.05, 4.69) is 15.3 Å². The Labute approximate surface area is 121 Å². The van der Waals surface area contributed by atoms with Crippen LogP contribution < -0.4 is 10.1 Å². The Kier molecular flexibility index (Phi) is 4.12.